The van der Waals surface area contributed by atoms with Crippen LogP contribution in [0.25, 0.3) is 0 Å². The first-order chi connectivity index (χ1) is 9.76. The third-order valence-electron chi connectivity index (χ3n) is 4.55. The van der Waals surface area contributed by atoms with Gasteiger partial charge in [-0.2, -0.15) is 0 Å². The van der Waals surface area contributed by atoms with E-state index in [1.165, 1.54) is 19.3 Å². The zero-order chi connectivity index (χ0) is 13.9. The maximum Gasteiger partial charge on any atom is 0.0841 e. The molecule has 3 heteroatoms. The summed E-state index contributed by atoms with van der Waals surface area (Å²) in [6.45, 7) is 5.32. The number of halogens is 1. The highest BCUT2D eigenvalue weighted by molar-refractivity contribution is 6.18. The van der Waals surface area contributed by atoms with Crippen LogP contribution < -0.4 is 0 Å². The van der Waals surface area contributed by atoms with E-state index in [9.17, 15) is 0 Å². The molecule has 1 aliphatic heterocycles. The van der Waals surface area contributed by atoms with Crippen molar-refractivity contribution in [3.05, 3.63) is 35.4 Å². The second-order valence-electron chi connectivity index (χ2n) is 6.23. The molecule has 0 radical (unpaired) electrons. The molecule has 0 N–H and O–H groups in total. The van der Waals surface area contributed by atoms with Gasteiger partial charge in [-0.1, -0.05) is 24.3 Å². The van der Waals surface area contributed by atoms with Gasteiger partial charge < -0.3 is 4.74 Å². The number of rotatable bonds is 3. The second-order valence-corrected chi connectivity index (χ2v) is 6.54. The first kappa shape index (κ1) is 14.4. The highest BCUT2D eigenvalue weighted by Crippen LogP contribution is 2.32. The van der Waals surface area contributed by atoms with Crippen molar-refractivity contribution in [1.29, 1.82) is 0 Å². The Balaban J connectivity index is 1.69. The molecule has 1 heterocycles. The molecule has 3 unspecified atom stereocenters. The molecule has 0 bridgehead atoms. The minimum atomic E-state index is 0.194. The van der Waals surface area contributed by atoms with Crippen LogP contribution in [0.5, 0.6) is 0 Å². The Bertz CT molecular complexity index is 450. The Morgan fingerprint density at radius 2 is 2.15 bits per heavy atom. The Kier molecular flexibility index (Phi) is 4.65. The average molecular weight is 294 g/mol. The molecule has 2 nitrogen and oxygen atoms in total. The molecule has 0 spiro atoms. The summed E-state index contributed by atoms with van der Waals surface area (Å²) >= 11 is 5.98. The zero-order valence-electron chi connectivity index (χ0n) is 12.2. The number of hydrogen-bond acceptors (Lipinski definition) is 2. The predicted octanol–water partition coefficient (Wildman–Crippen LogP) is 3.43. The van der Waals surface area contributed by atoms with Gasteiger partial charge in [0.25, 0.3) is 0 Å². The highest BCUT2D eigenvalue weighted by atomic mass is 35.5. The van der Waals surface area contributed by atoms with Gasteiger partial charge in [0.05, 0.1) is 12.2 Å². The number of alkyl halides is 1. The number of ether oxygens (including phenoxy) is 1. The molecule has 1 aromatic carbocycles. The molecule has 110 valence electrons. The van der Waals surface area contributed by atoms with Gasteiger partial charge >= 0.3 is 0 Å². The van der Waals surface area contributed by atoms with Crippen molar-refractivity contribution in [2.75, 3.05) is 25.5 Å². The molecule has 2 aliphatic rings. The third kappa shape index (κ3) is 3.19. The van der Waals surface area contributed by atoms with Crippen LogP contribution in [-0.2, 0) is 11.2 Å². The van der Waals surface area contributed by atoms with Gasteiger partial charge in [0.1, 0.15) is 0 Å². The van der Waals surface area contributed by atoms with E-state index in [1.807, 2.05) is 0 Å². The van der Waals surface area contributed by atoms with Crippen LogP contribution in [0.3, 0.4) is 0 Å². The summed E-state index contributed by atoms with van der Waals surface area (Å²) in [5.74, 6) is 1.28. The lowest BCUT2D eigenvalue weighted by atomic mass is 9.82. The van der Waals surface area contributed by atoms with E-state index in [4.69, 9.17) is 16.3 Å². The highest BCUT2D eigenvalue weighted by Gasteiger charge is 2.28. The fourth-order valence-corrected chi connectivity index (χ4v) is 3.90. The van der Waals surface area contributed by atoms with Crippen LogP contribution in [0.2, 0.25) is 0 Å². The summed E-state index contributed by atoms with van der Waals surface area (Å²) in [6, 6.07) is 8.97. The average Bonchev–Trinajstić information content (AvgIpc) is 2.47. The summed E-state index contributed by atoms with van der Waals surface area (Å²) in [5, 5.41) is 0. The van der Waals surface area contributed by atoms with Crippen molar-refractivity contribution >= 4 is 11.6 Å². The first-order valence-corrected chi connectivity index (χ1v) is 8.31. The minimum absolute atomic E-state index is 0.194. The normalized spacial score (nSPS) is 31.0. The number of nitrogens with zero attached hydrogens (tertiary/aromatic N) is 1. The number of benzene rings is 1. The molecule has 1 fully saturated rings. The van der Waals surface area contributed by atoms with Crippen LogP contribution in [0.4, 0.5) is 0 Å². The van der Waals surface area contributed by atoms with Crippen molar-refractivity contribution in [2.24, 2.45) is 0 Å². The topological polar surface area (TPSA) is 12.5 Å². The molecule has 1 aromatic rings. The molecule has 1 saturated heterocycles. The lowest BCUT2D eigenvalue weighted by molar-refractivity contribution is -0.0679. The molecule has 1 aliphatic carbocycles. The Morgan fingerprint density at radius 3 is 3.00 bits per heavy atom. The summed E-state index contributed by atoms with van der Waals surface area (Å²) in [7, 11) is 0. The summed E-state index contributed by atoms with van der Waals surface area (Å²) < 4.78 is 5.85. The maximum atomic E-state index is 5.98. The smallest absolute Gasteiger partial charge is 0.0841 e. The molecule has 0 amide bonds. The number of hydrogen-bond donors (Lipinski definition) is 0. The van der Waals surface area contributed by atoms with Crippen LogP contribution in [0, 0.1) is 0 Å². The Morgan fingerprint density at radius 1 is 1.30 bits per heavy atom. The van der Waals surface area contributed by atoms with E-state index in [2.05, 4.69) is 36.1 Å². The van der Waals surface area contributed by atoms with Crippen LogP contribution in [-0.4, -0.2) is 42.6 Å². The fraction of sp³-hybridized carbons (Fsp3) is 0.647. The van der Waals surface area contributed by atoms with Gasteiger partial charge in [0.2, 0.25) is 0 Å². The predicted molar refractivity (Wildman–Crippen MR) is 83.6 cm³/mol. The summed E-state index contributed by atoms with van der Waals surface area (Å²) in [4.78, 5) is 2.55. The van der Waals surface area contributed by atoms with Crippen molar-refractivity contribution in [1.82, 2.24) is 4.90 Å². The van der Waals surface area contributed by atoms with Crippen molar-refractivity contribution < 1.29 is 4.74 Å². The van der Waals surface area contributed by atoms with Gasteiger partial charge in [-0.25, -0.2) is 0 Å². The molecule has 3 rings (SSSR count). The van der Waals surface area contributed by atoms with E-state index < -0.39 is 0 Å². The second kappa shape index (κ2) is 6.46. The fourth-order valence-electron chi connectivity index (χ4n) is 3.73. The van der Waals surface area contributed by atoms with Gasteiger partial charge in [0.15, 0.2) is 0 Å². The lowest BCUT2D eigenvalue weighted by Gasteiger charge is -2.39. The molecular formula is C17H24ClNO. The summed E-state index contributed by atoms with van der Waals surface area (Å²) in [5.41, 5.74) is 3.12. The van der Waals surface area contributed by atoms with Crippen LogP contribution in [0.1, 0.15) is 36.8 Å². The third-order valence-corrected chi connectivity index (χ3v) is 4.89. The van der Waals surface area contributed by atoms with Crippen molar-refractivity contribution in [3.8, 4) is 0 Å². The van der Waals surface area contributed by atoms with Gasteiger partial charge in [-0.15, -0.1) is 11.6 Å². The molecular weight excluding hydrogens is 270 g/mol. The zero-order valence-corrected chi connectivity index (χ0v) is 13.0. The lowest BCUT2D eigenvalue weighted by Crippen LogP contribution is -2.48. The largest absolute Gasteiger partial charge is 0.371 e. The Hall–Kier alpha value is -0.570. The van der Waals surface area contributed by atoms with Crippen molar-refractivity contribution in [3.63, 3.8) is 0 Å². The molecule has 3 atom stereocenters. The number of morpholine rings is 1. The SMILES string of the molecule is CC1CN(CC2CCCc3ccccc32)CC(CCl)O1. The van der Waals surface area contributed by atoms with Crippen LogP contribution in [0.15, 0.2) is 24.3 Å². The van der Waals surface area contributed by atoms with Gasteiger partial charge in [-0.3, -0.25) is 4.90 Å². The van der Waals surface area contributed by atoms with E-state index in [-0.39, 0.29) is 6.10 Å². The monoisotopic (exact) mass is 293 g/mol. The quantitative estimate of drug-likeness (QED) is 0.792. The first-order valence-electron chi connectivity index (χ1n) is 7.78. The number of aryl methyl sites for hydroxylation is 1. The Labute approximate surface area is 127 Å². The van der Waals surface area contributed by atoms with E-state index in [0.29, 0.717) is 17.9 Å². The van der Waals surface area contributed by atoms with E-state index >= 15 is 0 Å². The standard InChI is InChI=1S/C17H24ClNO/c1-13-10-19(12-16(9-18)20-13)11-15-7-4-6-14-5-2-3-8-17(14)15/h2-3,5,8,13,15-16H,4,6-7,9-12H2,1H3. The van der Waals surface area contributed by atoms with E-state index in [0.717, 1.165) is 19.6 Å². The molecule has 0 aromatic heterocycles. The van der Waals surface area contributed by atoms with Gasteiger partial charge in [-0.05, 0) is 43.2 Å². The number of fused-ring (bicyclic) bond motifs is 1. The minimum Gasteiger partial charge on any atom is -0.371 e. The molecule has 20 heavy (non-hydrogen) atoms. The summed E-state index contributed by atoms with van der Waals surface area (Å²) in [6.07, 6.45) is 4.37. The van der Waals surface area contributed by atoms with E-state index in [1.54, 1.807) is 11.1 Å². The molecule has 0 saturated carbocycles. The maximum absolute atomic E-state index is 5.98. The van der Waals surface area contributed by atoms with Gasteiger partial charge in [0, 0.05) is 25.5 Å². The van der Waals surface area contributed by atoms with Crippen LogP contribution >= 0.6 is 11.6 Å². The van der Waals surface area contributed by atoms with Crippen molar-refractivity contribution in [2.45, 2.75) is 44.3 Å².